The number of hydrogen-bond acceptors (Lipinski definition) is 6. The van der Waals surface area contributed by atoms with Crippen molar-refractivity contribution in [3.05, 3.63) is 24.3 Å². The lowest BCUT2D eigenvalue weighted by Gasteiger charge is -2.24. The van der Waals surface area contributed by atoms with Crippen LogP contribution in [0.1, 0.15) is 27.7 Å². The zero-order valence-electron chi connectivity index (χ0n) is 13.7. The second-order valence-electron chi connectivity index (χ2n) is 5.03. The van der Waals surface area contributed by atoms with Crippen molar-refractivity contribution in [2.24, 2.45) is 0 Å². The Bertz CT molecular complexity index is 564. The Morgan fingerprint density at radius 2 is 1.57 bits per heavy atom. The molecule has 0 aliphatic rings. The Kier molecular flexibility index (Phi) is 6.56. The van der Waals surface area contributed by atoms with E-state index >= 15 is 0 Å². The summed E-state index contributed by atoms with van der Waals surface area (Å²) in [5.41, 5.74) is -0.726. The number of carbonyl (C=O) groups excluding carboxylic acids is 3. The van der Waals surface area contributed by atoms with Gasteiger partial charge in [0.1, 0.15) is 5.75 Å². The molecule has 0 aromatic heterocycles. The molecule has 7 heteroatoms. The van der Waals surface area contributed by atoms with Crippen molar-refractivity contribution in [3.8, 4) is 5.75 Å². The third-order valence-corrected chi connectivity index (χ3v) is 2.71. The fourth-order valence-electron chi connectivity index (χ4n) is 1.63. The number of anilines is 1. The van der Waals surface area contributed by atoms with Crippen molar-refractivity contribution in [1.82, 2.24) is 0 Å². The van der Waals surface area contributed by atoms with Gasteiger partial charge in [-0.25, -0.2) is 9.59 Å². The molecule has 0 saturated carbocycles. The molecule has 0 saturated heterocycles. The van der Waals surface area contributed by atoms with Gasteiger partial charge in [0.15, 0.2) is 5.60 Å². The molecule has 0 aliphatic heterocycles. The van der Waals surface area contributed by atoms with Gasteiger partial charge in [0.05, 0.1) is 13.2 Å². The van der Waals surface area contributed by atoms with Gasteiger partial charge in [-0.1, -0.05) is 0 Å². The lowest BCUT2D eigenvalue weighted by atomic mass is 10.1. The molecule has 0 heterocycles. The zero-order chi connectivity index (χ0) is 17.5. The van der Waals surface area contributed by atoms with E-state index in [1.807, 2.05) is 0 Å². The Labute approximate surface area is 134 Å². The molecule has 126 valence electrons. The zero-order valence-corrected chi connectivity index (χ0v) is 13.7. The monoisotopic (exact) mass is 323 g/mol. The molecule has 0 bridgehead atoms. The number of hydrogen-bond donors (Lipinski definition) is 1. The van der Waals surface area contributed by atoms with Crippen LogP contribution in [0.25, 0.3) is 0 Å². The van der Waals surface area contributed by atoms with Crippen LogP contribution >= 0.6 is 0 Å². The van der Waals surface area contributed by atoms with Gasteiger partial charge in [-0.2, -0.15) is 0 Å². The average molecular weight is 323 g/mol. The second kappa shape index (κ2) is 8.17. The van der Waals surface area contributed by atoms with E-state index in [1.54, 1.807) is 52.0 Å². The van der Waals surface area contributed by atoms with Gasteiger partial charge in [-0.05, 0) is 52.0 Å². The van der Waals surface area contributed by atoms with Crippen LogP contribution < -0.4 is 10.1 Å². The standard InChI is InChI=1S/C16H21NO6/c1-5-21-14(19)13(18)17-11-7-9-12(10-8-11)23-16(3,4)15(20)22-6-2/h7-10H,5-6H2,1-4H3,(H,17,18). The largest absolute Gasteiger partial charge is 0.476 e. The fraction of sp³-hybridized carbons (Fsp3) is 0.438. The molecule has 1 aromatic carbocycles. The third-order valence-electron chi connectivity index (χ3n) is 2.71. The smallest absolute Gasteiger partial charge is 0.397 e. The van der Waals surface area contributed by atoms with Crippen LogP contribution in [0, 0.1) is 0 Å². The summed E-state index contributed by atoms with van der Waals surface area (Å²) in [4.78, 5) is 34.5. The number of nitrogens with one attached hydrogen (secondary N) is 1. The first-order chi connectivity index (χ1) is 10.8. The Morgan fingerprint density at radius 1 is 1.00 bits per heavy atom. The topological polar surface area (TPSA) is 90.9 Å². The number of esters is 2. The van der Waals surface area contributed by atoms with Crippen LogP contribution in [0.4, 0.5) is 5.69 Å². The summed E-state index contributed by atoms with van der Waals surface area (Å²) >= 11 is 0. The summed E-state index contributed by atoms with van der Waals surface area (Å²) in [6, 6.07) is 6.24. The molecule has 0 spiro atoms. The highest BCUT2D eigenvalue weighted by molar-refractivity contribution is 6.37. The first-order valence-electron chi connectivity index (χ1n) is 7.24. The molecule has 1 amide bonds. The fourth-order valence-corrected chi connectivity index (χ4v) is 1.63. The van der Waals surface area contributed by atoms with Gasteiger partial charge in [0, 0.05) is 5.69 Å². The van der Waals surface area contributed by atoms with Crippen LogP contribution in [0.2, 0.25) is 0 Å². The summed E-state index contributed by atoms with van der Waals surface area (Å²) in [5.74, 6) is -1.85. The van der Waals surface area contributed by atoms with E-state index in [0.29, 0.717) is 11.4 Å². The molecule has 0 unspecified atom stereocenters. The molecule has 1 aromatic rings. The molecule has 1 rings (SSSR count). The Balaban J connectivity index is 2.68. The Morgan fingerprint density at radius 3 is 2.09 bits per heavy atom. The number of carbonyl (C=O) groups is 3. The highest BCUT2D eigenvalue weighted by atomic mass is 16.6. The minimum Gasteiger partial charge on any atom is -0.476 e. The van der Waals surface area contributed by atoms with Crippen molar-refractivity contribution in [1.29, 1.82) is 0 Å². The van der Waals surface area contributed by atoms with Crippen LogP contribution in [0.5, 0.6) is 5.75 Å². The third kappa shape index (κ3) is 5.61. The van der Waals surface area contributed by atoms with Crippen LogP contribution in [0.3, 0.4) is 0 Å². The molecule has 0 radical (unpaired) electrons. The second-order valence-corrected chi connectivity index (χ2v) is 5.03. The van der Waals surface area contributed by atoms with Crippen molar-refractivity contribution < 1.29 is 28.6 Å². The van der Waals surface area contributed by atoms with Crippen LogP contribution in [-0.2, 0) is 23.9 Å². The Hall–Kier alpha value is -2.57. The van der Waals surface area contributed by atoms with E-state index in [-0.39, 0.29) is 13.2 Å². The molecule has 0 aliphatic carbocycles. The minimum atomic E-state index is -1.13. The molecule has 1 N–H and O–H groups in total. The molecule has 0 atom stereocenters. The first-order valence-corrected chi connectivity index (χ1v) is 7.24. The molecular weight excluding hydrogens is 302 g/mol. The summed E-state index contributed by atoms with van der Waals surface area (Å²) in [6.45, 7) is 6.92. The number of amides is 1. The lowest BCUT2D eigenvalue weighted by molar-refractivity contribution is -0.158. The quantitative estimate of drug-likeness (QED) is 0.635. The van der Waals surface area contributed by atoms with Gasteiger partial charge in [0.2, 0.25) is 0 Å². The normalized spacial score (nSPS) is 10.6. The number of rotatable bonds is 6. The van der Waals surface area contributed by atoms with Crippen LogP contribution in [-0.4, -0.2) is 36.7 Å². The maximum absolute atomic E-state index is 11.8. The van der Waals surface area contributed by atoms with Crippen molar-refractivity contribution >= 4 is 23.5 Å². The average Bonchev–Trinajstić information content (AvgIpc) is 2.49. The van der Waals surface area contributed by atoms with E-state index in [4.69, 9.17) is 9.47 Å². The van der Waals surface area contributed by atoms with Gasteiger partial charge in [-0.15, -0.1) is 0 Å². The maximum Gasteiger partial charge on any atom is 0.397 e. The first kappa shape index (κ1) is 18.5. The molecule has 7 nitrogen and oxygen atoms in total. The maximum atomic E-state index is 11.8. The molecule has 0 fully saturated rings. The minimum absolute atomic E-state index is 0.127. The van der Waals surface area contributed by atoms with E-state index in [1.165, 1.54) is 0 Å². The van der Waals surface area contributed by atoms with E-state index < -0.39 is 23.4 Å². The highest BCUT2D eigenvalue weighted by Crippen LogP contribution is 2.21. The van der Waals surface area contributed by atoms with E-state index in [0.717, 1.165) is 0 Å². The van der Waals surface area contributed by atoms with Gasteiger partial charge in [0.25, 0.3) is 0 Å². The number of benzene rings is 1. The predicted octanol–water partition coefficient (Wildman–Crippen LogP) is 1.91. The predicted molar refractivity (Wildman–Crippen MR) is 83.0 cm³/mol. The SMILES string of the molecule is CCOC(=O)C(=O)Nc1ccc(OC(C)(C)C(=O)OCC)cc1. The van der Waals surface area contributed by atoms with Crippen molar-refractivity contribution in [3.63, 3.8) is 0 Å². The van der Waals surface area contributed by atoms with Crippen molar-refractivity contribution in [2.45, 2.75) is 33.3 Å². The van der Waals surface area contributed by atoms with Crippen LogP contribution in [0.15, 0.2) is 24.3 Å². The summed E-state index contributed by atoms with van der Waals surface area (Å²) in [6.07, 6.45) is 0. The van der Waals surface area contributed by atoms with Gasteiger partial charge in [-0.3, -0.25) is 4.79 Å². The summed E-state index contributed by atoms with van der Waals surface area (Å²) in [5, 5.41) is 2.40. The molecule has 23 heavy (non-hydrogen) atoms. The molecular formula is C16H21NO6. The highest BCUT2D eigenvalue weighted by Gasteiger charge is 2.31. The summed E-state index contributed by atoms with van der Waals surface area (Å²) in [7, 11) is 0. The van der Waals surface area contributed by atoms with E-state index in [2.05, 4.69) is 10.1 Å². The lowest BCUT2D eigenvalue weighted by Crippen LogP contribution is -2.39. The van der Waals surface area contributed by atoms with E-state index in [9.17, 15) is 14.4 Å². The van der Waals surface area contributed by atoms with Crippen molar-refractivity contribution in [2.75, 3.05) is 18.5 Å². The summed E-state index contributed by atoms with van der Waals surface area (Å²) < 4.78 is 15.1. The van der Waals surface area contributed by atoms with Gasteiger partial charge >= 0.3 is 17.8 Å². The van der Waals surface area contributed by atoms with Gasteiger partial charge < -0.3 is 19.5 Å². The number of ether oxygens (including phenoxy) is 3.